The Labute approximate surface area is 377 Å². The van der Waals surface area contributed by atoms with Crippen molar-refractivity contribution in [1.29, 1.82) is 0 Å². The molecule has 0 spiro atoms. The summed E-state index contributed by atoms with van der Waals surface area (Å²) in [5.41, 5.74) is 17.4. The molecular weight excluding hydrogens is 791 g/mol. The third-order valence-electron chi connectivity index (χ3n) is 13.8. The first-order valence-corrected chi connectivity index (χ1v) is 22.4. The summed E-state index contributed by atoms with van der Waals surface area (Å²) in [4.78, 5) is 10.7. The van der Waals surface area contributed by atoms with Crippen molar-refractivity contribution >= 4 is 55.3 Å². The SMILES string of the molecule is CC1(C)c2ccccc2-c2cc3c4ccccc4n(-c4ccc(-c5cccc6c5c5ccccc5n6-c5ccccc5)cc4C4N=C(c5ccccc5)N=C(c5ccccc5)N4)c3cc21. The number of hydrogen-bond acceptors (Lipinski definition) is 3. The minimum Gasteiger partial charge on any atom is -0.344 e. The smallest absolute Gasteiger partial charge is 0.159 e. The average Bonchev–Trinajstić information content (AvgIpc) is 3.96. The monoisotopic (exact) mass is 833 g/mol. The van der Waals surface area contributed by atoms with Crippen molar-refractivity contribution in [3.8, 4) is 33.6 Å². The number of aliphatic imine (C=N–C) groups is 2. The van der Waals surface area contributed by atoms with Crippen molar-refractivity contribution in [2.45, 2.75) is 25.4 Å². The van der Waals surface area contributed by atoms with Crippen LogP contribution in [-0.4, -0.2) is 20.8 Å². The molecule has 308 valence electrons. The molecule has 1 aliphatic carbocycles. The summed E-state index contributed by atoms with van der Waals surface area (Å²) >= 11 is 0. The number of fused-ring (bicyclic) bond motifs is 9. The third-order valence-corrected chi connectivity index (χ3v) is 13.8. The van der Waals surface area contributed by atoms with Gasteiger partial charge in [0.1, 0.15) is 12.0 Å². The Hall–Kier alpha value is -8.28. The second kappa shape index (κ2) is 14.4. The highest BCUT2D eigenvalue weighted by Gasteiger charge is 2.36. The third kappa shape index (κ3) is 5.72. The lowest BCUT2D eigenvalue weighted by Gasteiger charge is -2.27. The van der Waals surface area contributed by atoms with Gasteiger partial charge in [0.15, 0.2) is 5.84 Å². The second-order valence-corrected chi connectivity index (χ2v) is 17.8. The van der Waals surface area contributed by atoms with Crippen molar-refractivity contribution in [3.63, 3.8) is 0 Å². The first kappa shape index (κ1) is 37.3. The summed E-state index contributed by atoms with van der Waals surface area (Å²) in [6.45, 7) is 4.73. The van der Waals surface area contributed by atoms with Gasteiger partial charge >= 0.3 is 0 Å². The maximum atomic E-state index is 5.53. The van der Waals surface area contributed by atoms with E-state index in [1.54, 1.807) is 0 Å². The predicted octanol–water partition coefficient (Wildman–Crippen LogP) is 14.3. The van der Waals surface area contributed by atoms with Crippen LogP contribution < -0.4 is 5.32 Å². The number of nitrogens with one attached hydrogen (secondary N) is 1. The fourth-order valence-electron chi connectivity index (χ4n) is 10.8. The Morgan fingerprint density at radius 2 is 1.08 bits per heavy atom. The fourth-order valence-corrected chi connectivity index (χ4v) is 10.8. The highest BCUT2D eigenvalue weighted by atomic mass is 15.2. The Kier molecular flexibility index (Phi) is 8.25. The lowest BCUT2D eigenvalue weighted by atomic mass is 9.82. The molecule has 9 aromatic carbocycles. The second-order valence-electron chi connectivity index (χ2n) is 17.8. The van der Waals surface area contributed by atoms with Crippen molar-refractivity contribution in [2.24, 2.45) is 9.98 Å². The first-order chi connectivity index (χ1) is 32.0. The minimum atomic E-state index is -0.482. The molecule has 0 saturated heterocycles. The molecule has 11 aromatic rings. The zero-order valence-electron chi connectivity index (χ0n) is 36.1. The summed E-state index contributed by atoms with van der Waals surface area (Å²) in [5, 5.41) is 8.75. The molecule has 0 fully saturated rings. The lowest BCUT2D eigenvalue weighted by Crippen LogP contribution is -2.34. The molecule has 0 bridgehead atoms. The van der Waals surface area contributed by atoms with Crippen LogP contribution in [0.1, 0.15) is 47.8 Å². The zero-order chi connectivity index (χ0) is 43.2. The van der Waals surface area contributed by atoms with Gasteiger partial charge in [-0.25, -0.2) is 9.98 Å². The van der Waals surface area contributed by atoms with E-state index in [9.17, 15) is 0 Å². The van der Waals surface area contributed by atoms with Crippen LogP contribution in [-0.2, 0) is 5.41 Å². The summed E-state index contributed by atoms with van der Waals surface area (Å²) < 4.78 is 4.87. The number of hydrogen-bond donors (Lipinski definition) is 1. The number of nitrogens with zero attached hydrogens (tertiary/aromatic N) is 4. The van der Waals surface area contributed by atoms with E-state index in [2.05, 4.69) is 228 Å². The van der Waals surface area contributed by atoms with Gasteiger partial charge in [0.05, 0.1) is 27.8 Å². The molecule has 1 N–H and O–H groups in total. The van der Waals surface area contributed by atoms with Crippen molar-refractivity contribution in [2.75, 3.05) is 0 Å². The summed E-state index contributed by atoms with van der Waals surface area (Å²) in [6.07, 6.45) is -0.482. The van der Waals surface area contributed by atoms with Crippen LogP contribution in [0.15, 0.2) is 222 Å². The van der Waals surface area contributed by atoms with Crippen molar-refractivity contribution in [1.82, 2.24) is 14.5 Å². The van der Waals surface area contributed by atoms with Crippen LogP contribution in [0, 0.1) is 0 Å². The Morgan fingerprint density at radius 1 is 0.446 bits per heavy atom. The highest BCUT2D eigenvalue weighted by molar-refractivity contribution is 6.17. The zero-order valence-corrected chi connectivity index (χ0v) is 36.1. The molecule has 2 aliphatic rings. The molecule has 0 radical (unpaired) electrons. The number of para-hydroxylation sites is 3. The number of rotatable bonds is 6. The van der Waals surface area contributed by atoms with E-state index in [4.69, 9.17) is 9.98 Å². The minimum absolute atomic E-state index is 0.160. The molecule has 13 rings (SSSR count). The number of aromatic nitrogens is 2. The summed E-state index contributed by atoms with van der Waals surface area (Å²) in [5.74, 6) is 1.48. The lowest BCUT2D eigenvalue weighted by molar-refractivity contribution is 0.660. The molecule has 0 amide bonds. The van der Waals surface area contributed by atoms with Crippen LogP contribution in [0.3, 0.4) is 0 Å². The van der Waals surface area contributed by atoms with E-state index in [1.807, 2.05) is 12.1 Å². The van der Waals surface area contributed by atoms with Crippen LogP contribution in [0.5, 0.6) is 0 Å². The number of amidine groups is 2. The molecule has 1 atom stereocenters. The molecular formula is C60H43N5. The topological polar surface area (TPSA) is 46.6 Å². The maximum absolute atomic E-state index is 5.53. The maximum Gasteiger partial charge on any atom is 0.159 e. The predicted molar refractivity (Wildman–Crippen MR) is 270 cm³/mol. The fraction of sp³-hybridized carbons (Fsp3) is 0.0667. The van der Waals surface area contributed by atoms with Crippen LogP contribution in [0.4, 0.5) is 0 Å². The Bertz CT molecular complexity index is 3760. The quantitative estimate of drug-likeness (QED) is 0.178. The van der Waals surface area contributed by atoms with Crippen LogP contribution in [0.2, 0.25) is 0 Å². The van der Waals surface area contributed by atoms with Gasteiger partial charge < -0.3 is 14.5 Å². The molecule has 65 heavy (non-hydrogen) atoms. The normalized spacial score (nSPS) is 15.2. The summed E-state index contributed by atoms with van der Waals surface area (Å²) in [6, 6.07) is 76.6. The van der Waals surface area contributed by atoms with Gasteiger partial charge in [-0.1, -0.05) is 172 Å². The molecule has 5 heteroatoms. The molecule has 1 unspecified atom stereocenters. The molecule has 0 saturated carbocycles. The van der Waals surface area contributed by atoms with E-state index in [0.29, 0.717) is 5.84 Å². The van der Waals surface area contributed by atoms with E-state index in [0.717, 1.165) is 45.0 Å². The first-order valence-electron chi connectivity index (χ1n) is 22.4. The van der Waals surface area contributed by atoms with Gasteiger partial charge in [0.2, 0.25) is 0 Å². The van der Waals surface area contributed by atoms with E-state index in [-0.39, 0.29) is 5.41 Å². The van der Waals surface area contributed by atoms with Gasteiger partial charge in [0, 0.05) is 49.3 Å². The average molecular weight is 834 g/mol. The Morgan fingerprint density at radius 3 is 1.86 bits per heavy atom. The van der Waals surface area contributed by atoms with Gasteiger partial charge in [-0.3, -0.25) is 0 Å². The molecule has 5 nitrogen and oxygen atoms in total. The largest absolute Gasteiger partial charge is 0.344 e. The Balaban J connectivity index is 1.10. The van der Waals surface area contributed by atoms with Gasteiger partial charge in [-0.05, 0) is 88.0 Å². The van der Waals surface area contributed by atoms with Crippen molar-refractivity contribution in [3.05, 3.63) is 240 Å². The standard InChI is InChI=1S/C60H43N5/c1-60(2)49-29-15-12-25-43(49)46-36-47-44-26-13-16-30-51(44)65(55(47)37-50(46)60)53-34-33-40(42-28-18-32-54-56(42)45-27-14-17-31-52(45)64(54)41-23-10-5-11-24-41)35-48(53)59-62-57(38-19-6-3-7-20-38)61-58(63-59)39-21-8-4-9-22-39/h3-37,59H,1-2H3,(H,61,62,63). The van der Waals surface area contributed by atoms with E-state index >= 15 is 0 Å². The van der Waals surface area contributed by atoms with Gasteiger partial charge in [-0.15, -0.1) is 0 Å². The van der Waals surface area contributed by atoms with Crippen LogP contribution >= 0.6 is 0 Å². The van der Waals surface area contributed by atoms with Gasteiger partial charge in [0.25, 0.3) is 0 Å². The van der Waals surface area contributed by atoms with E-state index < -0.39 is 6.17 Å². The molecule has 2 aromatic heterocycles. The molecule has 3 heterocycles. The molecule has 1 aliphatic heterocycles. The van der Waals surface area contributed by atoms with Crippen LogP contribution in [0.25, 0.3) is 77.2 Å². The number of benzene rings is 9. The van der Waals surface area contributed by atoms with Gasteiger partial charge in [-0.2, -0.15) is 0 Å². The van der Waals surface area contributed by atoms with Crippen molar-refractivity contribution < 1.29 is 0 Å². The van der Waals surface area contributed by atoms with E-state index in [1.165, 1.54) is 65.9 Å². The summed E-state index contributed by atoms with van der Waals surface area (Å²) in [7, 11) is 0. The highest BCUT2D eigenvalue weighted by Crippen LogP contribution is 2.51.